The fraction of sp³-hybridized carbons (Fsp3) is 0.333. The Bertz CT molecular complexity index is 713. The van der Waals surface area contributed by atoms with Crippen molar-refractivity contribution in [2.24, 2.45) is 5.92 Å². The first kappa shape index (κ1) is 16.5. The van der Waals surface area contributed by atoms with Gasteiger partial charge >= 0.3 is 6.18 Å². The van der Waals surface area contributed by atoms with Gasteiger partial charge < -0.3 is 5.32 Å². The number of nitrogens with one attached hydrogen (secondary N) is 1. The van der Waals surface area contributed by atoms with E-state index < -0.39 is 11.7 Å². The van der Waals surface area contributed by atoms with Gasteiger partial charge in [0.15, 0.2) is 0 Å². The third-order valence-corrected chi connectivity index (χ3v) is 4.34. The van der Waals surface area contributed by atoms with Crippen molar-refractivity contribution in [2.75, 3.05) is 0 Å². The molecule has 24 heavy (non-hydrogen) atoms. The van der Waals surface area contributed by atoms with Crippen LogP contribution in [-0.2, 0) is 11.0 Å². The van der Waals surface area contributed by atoms with E-state index in [2.05, 4.69) is 10.3 Å². The minimum absolute atomic E-state index is 0.0729. The molecular formula is C18H17F3N2O. The minimum Gasteiger partial charge on any atom is -0.349 e. The van der Waals surface area contributed by atoms with Crippen LogP contribution in [0.2, 0.25) is 0 Å². The van der Waals surface area contributed by atoms with Crippen LogP contribution in [0.5, 0.6) is 0 Å². The number of alkyl halides is 3. The molecule has 1 saturated carbocycles. The maximum Gasteiger partial charge on any atom is 0.416 e. The van der Waals surface area contributed by atoms with Crippen molar-refractivity contribution in [3.05, 3.63) is 65.5 Å². The van der Waals surface area contributed by atoms with Crippen LogP contribution in [-0.4, -0.2) is 10.9 Å². The number of rotatable bonds is 4. The van der Waals surface area contributed by atoms with Crippen molar-refractivity contribution in [1.82, 2.24) is 10.3 Å². The highest BCUT2D eigenvalue weighted by Crippen LogP contribution is 2.47. The second-order valence-electron chi connectivity index (χ2n) is 6.09. The molecule has 3 rings (SSSR count). The predicted octanol–water partition coefficient (Wildman–Crippen LogP) is 4.08. The van der Waals surface area contributed by atoms with Crippen LogP contribution < -0.4 is 5.32 Å². The van der Waals surface area contributed by atoms with Crippen LogP contribution in [0, 0.1) is 5.92 Å². The number of hydrogen-bond donors (Lipinski definition) is 1. The van der Waals surface area contributed by atoms with Gasteiger partial charge in [0.2, 0.25) is 5.91 Å². The molecule has 1 aliphatic rings. The van der Waals surface area contributed by atoms with Gasteiger partial charge in [-0.1, -0.05) is 18.2 Å². The van der Waals surface area contributed by atoms with Gasteiger partial charge in [0, 0.05) is 18.3 Å². The molecule has 1 heterocycles. The van der Waals surface area contributed by atoms with E-state index in [1.54, 1.807) is 19.3 Å². The summed E-state index contributed by atoms with van der Waals surface area (Å²) in [5, 5.41) is 2.88. The van der Waals surface area contributed by atoms with Crippen molar-refractivity contribution < 1.29 is 18.0 Å². The van der Waals surface area contributed by atoms with E-state index in [0.29, 0.717) is 5.56 Å². The van der Waals surface area contributed by atoms with E-state index in [1.165, 1.54) is 12.1 Å². The molecule has 3 atom stereocenters. The zero-order valence-corrected chi connectivity index (χ0v) is 13.0. The summed E-state index contributed by atoms with van der Waals surface area (Å²) < 4.78 is 37.7. The maximum absolute atomic E-state index is 12.6. The average molecular weight is 334 g/mol. The van der Waals surface area contributed by atoms with Gasteiger partial charge in [-0.25, -0.2) is 0 Å². The summed E-state index contributed by atoms with van der Waals surface area (Å²) in [6.45, 7) is 1.77. The van der Waals surface area contributed by atoms with Crippen LogP contribution >= 0.6 is 0 Å². The first-order chi connectivity index (χ1) is 11.4. The van der Waals surface area contributed by atoms with Crippen LogP contribution in [0.15, 0.2) is 48.8 Å². The van der Waals surface area contributed by atoms with E-state index in [1.807, 2.05) is 12.1 Å². The molecule has 126 valence electrons. The Labute approximate surface area is 137 Å². The van der Waals surface area contributed by atoms with Crippen molar-refractivity contribution in [2.45, 2.75) is 31.5 Å². The Morgan fingerprint density at radius 3 is 2.54 bits per heavy atom. The van der Waals surface area contributed by atoms with Crippen LogP contribution in [0.1, 0.15) is 42.0 Å². The molecule has 1 fully saturated rings. The van der Waals surface area contributed by atoms with Crippen molar-refractivity contribution >= 4 is 5.91 Å². The second-order valence-corrected chi connectivity index (χ2v) is 6.09. The molecule has 3 nitrogen and oxygen atoms in total. The zero-order chi connectivity index (χ0) is 17.3. The number of halogens is 3. The lowest BCUT2D eigenvalue weighted by molar-refractivity contribution is -0.137. The van der Waals surface area contributed by atoms with E-state index in [-0.39, 0.29) is 23.8 Å². The summed E-state index contributed by atoms with van der Waals surface area (Å²) >= 11 is 0. The first-order valence-electron chi connectivity index (χ1n) is 7.73. The van der Waals surface area contributed by atoms with Crippen molar-refractivity contribution in [1.29, 1.82) is 0 Å². The van der Waals surface area contributed by atoms with Crippen LogP contribution in [0.25, 0.3) is 0 Å². The summed E-state index contributed by atoms with van der Waals surface area (Å²) in [7, 11) is 0. The Balaban J connectivity index is 1.59. The van der Waals surface area contributed by atoms with E-state index in [4.69, 9.17) is 0 Å². The molecule has 1 aromatic heterocycles. The third kappa shape index (κ3) is 3.58. The Morgan fingerprint density at radius 2 is 1.96 bits per heavy atom. The molecule has 1 aliphatic carbocycles. The monoisotopic (exact) mass is 334 g/mol. The lowest BCUT2D eigenvalue weighted by Crippen LogP contribution is -2.28. The molecule has 0 bridgehead atoms. The number of hydrogen-bond acceptors (Lipinski definition) is 2. The molecule has 6 heteroatoms. The van der Waals surface area contributed by atoms with Crippen molar-refractivity contribution in [3.63, 3.8) is 0 Å². The predicted molar refractivity (Wildman–Crippen MR) is 83.1 cm³/mol. The molecular weight excluding hydrogens is 317 g/mol. The summed E-state index contributed by atoms with van der Waals surface area (Å²) in [5.41, 5.74) is 0.998. The number of aromatic nitrogens is 1. The van der Waals surface area contributed by atoms with Gasteiger partial charge in [-0.3, -0.25) is 9.78 Å². The topological polar surface area (TPSA) is 42.0 Å². The summed E-state index contributed by atoms with van der Waals surface area (Å²) in [5.74, 6) is 0.0147. The molecule has 0 radical (unpaired) electrons. The standard InChI is InChI=1S/C18H17F3N2O/c1-11(12-4-6-14(7-5-12)18(19,20)21)23-17(24)16-9-15(16)13-3-2-8-22-10-13/h2-8,10-11,15-16H,9H2,1H3,(H,23,24). The number of pyridine rings is 1. The molecule has 1 N–H and O–H groups in total. The molecule has 2 aromatic rings. The average Bonchev–Trinajstić information content (AvgIpc) is 3.36. The summed E-state index contributed by atoms with van der Waals surface area (Å²) in [4.78, 5) is 16.3. The highest BCUT2D eigenvalue weighted by molar-refractivity contribution is 5.83. The number of benzene rings is 1. The molecule has 0 saturated heterocycles. The Morgan fingerprint density at radius 1 is 1.25 bits per heavy atom. The number of carbonyl (C=O) groups is 1. The quantitative estimate of drug-likeness (QED) is 0.915. The van der Waals surface area contributed by atoms with Crippen molar-refractivity contribution in [3.8, 4) is 0 Å². The van der Waals surface area contributed by atoms with Crippen LogP contribution in [0.4, 0.5) is 13.2 Å². The van der Waals surface area contributed by atoms with E-state index in [0.717, 1.165) is 24.1 Å². The van der Waals surface area contributed by atoms with Gasteiger partial charge in [-0.2, -0.15) is 13.2 Å². The molecule has 1 amide bonds. The summed E-state index contributed by atoms with van der Waals surface area (Å²) in [6, 6.07) is 8.33. The fourth-order valence-corrected chi connectivity index (χ4v) is 2.81. The number of nitrogens with zero attached hydrogens (tertiary/aromatic N) is 1. The fourth-order valence-electron chi connectivity index (χ4n) is 2.81. The number of carbonyl (C=O) groups excluding carboxylic acids is 1. The largest absolute Gasteiger partial charge is 0.416 e. The highest BCUT2D eigenvalue weighted by atomic mass is 19.4. The lowest BCUT2D eigenvalue weighted by atomic mass is 10.1. The summed E-state index contributed by atoms with van der Waals surface area (Å²) in [6.07, 6.45) is -0.127. The van der Waals surface area contributed by atoms with Gasteiger partial charge in [0.25, 0.3) is 0 Å². The minimum atomic E-state index is -4.35. The van der Waals surface area contributed by atoms with Gasteiger partial charge in [0.05, 0.1) is 11.6 Å². The van der Waals surface area contributed by atoms with Crippen LogP contribution in [0.3, 0.4) is 0 Å². The SMILES string of the molecule is CC(NC(=O)C1CC1c1cccnc1)c1ccc(C(F)(F)F)cc1. The van der Waals surface area contributed by atoms with E-state index >= 15 is 0 Å². The lowest BCUT2D eigenvalue weighted by Gasteiger charge is -2.15. The van der Waals surface area contributed by atoms with E-state index in [9.17, 15) is 18.0 Å². The normalized spacial score (nSPS) is 21.2. The van der Waals surface area contributed by atoms with Gasteiger partial charge in [0.1, 0.15) is 0 Å². The highest BCUT2D eigenvalue weighted by Gasteiger charge is 2.44. The molecule has 3 unspecified atom stereocenters. The zero-order valence-electron chi connectivity index (χ0n) is 13.0. The molecule has 0 spiro atoms. The Hall–Kier alpha value is -2.37. The maximum atomic E-state index is 12.6. The first-order valence-corrected chi connectivity index (χ1v) is 7.73. The second kappa shape index (κ2) is 6.26. The Kier molecular flexibility index (Phi) is 4.30. The smallest absolute Gasteiger partial charge is 0.349 e. The number of amides is 1. The molecule has 0 aliphatic heterocycles. The third-order valence-electron chi connectivity index (χ3n) is 4.34. The van der Waals surface area contributed by atoms with Gasteiger partial charge in [-0.15, -0.1) is 0 Å². The van der Waals surface area contributed by atoms with Gasteiger partial charge in [-0.05, 0) is 48.6 Å². The molecule has 1 aromatic carbocycles.